The highest BCUT2D eigenvalue weighted by atomic mass is 127. The second-order valence-corrected chi connectivity index (χ2v) is 3.49. The van der Waals surface area contributed by atoms with E-state index in [1.807, 2.05) is 20.8 Å². The second kappa shape index (κ2) is 4.12. The lowest BCUT2D eigenvalue weighted by Crippen LogP contribution is -2.39. The first kappa shape index (κ1) is 10.2. The topological polar surface area (TPSA) is 38.3 Å². The fourth-order valence-corrected chi connectivity index (χ4v) is 0.520. The number of hydrogen-bond donors (Lipinski definition) is 1. The van der Waals surface area contributed by atoms with E-state index in [4.69, 9.17) is 0 Å². The van der Waals surface area contributed by atoms with Crippen LogP contribution in [-0.2, 0) is 7.86 Å². The Balaban J connectivity index is 3.46. The minimum absolute atomic E-state index is 0.0230. The highest BCUT2D eigenvalue weighted by Crippen LogP contribution is 1.97. The predicted molar refractivity (Wildman–Crippen MR) is 47.9 cm³/mol. The molecule has 0 aromatic heterocycles. The van der Waals surface area contributed by atoms with Gasteiger partial charge in [0.25, 0.3) is 0 Å². The van der Waals surface area contributed by atoms with Crippen LogP contribution in [0.15, 0.2) is 0 Å². The molecule has 3 nitrogen and oxygen atoms in total. The molecule has 0 saturated carbocycles. The average Bonchev–Trinajstić information content (AvgIpc) is 1.81. The number of rotatable bonds is 2. The van der Waals surface area contributed by atoms with E-state index in [0.29, 0.717) is 0 Å². The van der Waals surface area contributed by atoms with E-state index in [1.165, 1.54) is 0 Å². The molecule has 0 aliphatic rings. The van der Waals surface area contributed by atoms with Gasteiger partial charge < -0.3 is 8.38 Å². The minimum atomic E-state index is -0.240. The molecule has 10 heavy (non-hydrogen) atoms. The zero-order chi connectivity index (χ0) is 8.20. The Bertz CT molecular complexity index is 119. The number of nitrogens with one attached hydrogen (secondary N) is 1. The van der Waals surface area contributed by atoms with Crippen molar-refractivity contribution in [1.29, 1.82) is 0 Å². The van der Waals surface area contributed by atoms with Crippen LogP contribution in [0.25, 0.3) is 0 Å². The van der Waals surface area contributed by atoms with Crippen molar-refractivity contribution in [2.75, 3.05) is 6.54 Å². The van der Waals surface area contributed by atoms with Crippen molar-refractivity contribution < 1.29 is 7.86 Å². The highest BCUT2D eigenvalue weighted by Gasteiger charge is 2.10. The molecule has 0 aromatic carbocycles. The summed E-state index contributed by atoms with van der Waals surface area (Å²) in [6.45, 7) is 6.25. The van der Waals surface area contributed by atoms with Gasteiger partial charge in [0.05, 0.1) is 6.54 Å². The molecule has 0 fully saturated rings. The van der Waals surface area contributed by atoms with Crippen molar-refractivity contribution in [3.05, 3.63) is 0 Å². The molecule has 0 saturated heterocycles. The molecule has 0 aliphatic carbocycles. The van der Waals surface area contributed by atoms with Crippen LogP contribution in [0.4, 0.5) is 0 Å². The SMILES string of the molecule is CC(C)(C)NCC(=O)OI. The molecule has 0 amide bonds. The van der Waals surface area contributed by atoms with Gasteiger partial charge in [-0.1, -0.05) is 0 Å². The molecule has 60 valence electrons. The fourth-order valence-electron chi connectivity index (χ4n) is 0.365. The van der Waals surface area contributed by atoms with E-state index in [1.54, 1.807) is 23.0 Å². The lowest BCUT2D eigenvalue weighted by molar-refractivity contribution is -0.130. The largest absolute Gasteiger partial charge is 0.394 e. The van der Waals surface area contributed by atoms with Crippen LogP contribution in [0.1, 0.15) is 20.8 Å². The van der Waals surface area contributed by atoms with Crippen molar-refractivity contribution in [1.82, 2.24) is 5.32 Å². The molecule has 0 bridgehead atoms. The molecule has 0 spiro atoms. The van der Waals surface area contributed by atoms with Gasteiger partial charge >= 0.3 is 5.97 Å². The molecule has 0 radical (unpaired) electrons. The summed E-state index contributed by atoms with van der Waals surface area (Å²) in [4.78, 5) is 10.6. The van der Waals surface area contributed by atoms with Crippen LogP contribution >= 0.6 is 23.0 Å². The first-order chi connectivity index (χ1) is 4.45. The zero-order valence-electron chi connectivity index (χ0n) is 6.40. The van der Waals surface area contributed by atoms with Crippen molar-refractivity contribution in [3.8, 4) is 0 Å². The molecule has 0 aromatic rings. The summed E-state index contributed by atoms with van der Waals surface area (Å²) >= 11 is 1.58. The minimum Gasteiger partial charge on any atom is -0.394 e. The Morgan fingerprint density at radius 1 is 1.60 bits per heavy atom. The summed E-state index contributed by atoms with van der Waals surface area (Å²) in [5.74, 6) is -0.240. The van der Waals surface area contributed by atoms with Gasteiger partial charge in [-0.15, -0.1) is 0 Å². The molecule has 4 heteroatoms. The van der Waals surface area contributed by atoms with Crippen molar-refractivity contribution >= 4 is 29.0 Å². The van der Waals surface area contributed by atoms with E-state index < -0.39 is 0 Å². The Morgan fingerprint density at radius 3 is 2.40 bits per heavy atom. The van der Waals surface area contributed by atoms with Crippen LogP contribution in [0.2, 0.25) is 0 Å². The van der Waals surface area contributed by atoms with Crippen LogP contribution in [0.3, 0.4) is 0 Å². The number of halogens is 1. The van der Waals surface area contributed by atoms with Crippen LogP contribution in [0, 0.1) is 0 Å². The Hall–Kier alpha value is 0.160. The monoisotopic (exact) mass is 257 g/mol. The standard InChI is InChI=1S/C6H12INO2/c1-6(2,3)8-4-5(9)10-7/h8H,4H2,1-3H3. The number of carbonyl (C=O) groups is 1. The maximum atomic E-state index is 10.6. The first-order valence-electron chi connectivity index (χ1n) is 3.02. The van der Waals surface area contributed by atoms with Gasteiger partial charge in [0.15, 0.2) is 23.0 Å². The van der Waals surface area contributed by atoms with Crippen molar-refractivity contribution in [2.45, 2.75) is 26.3 Å². The quantitative estimate of drug-likeness (QED) is 0.757. The van der Waals surface area contributed by atoms with Gasteiger partial charge in [-0.05, 0) is 20.8 Å². The van der Waals surface area contributed by atoms with Crippen LogP contribution in [0.5, 0.6) is 0 Å². The molecule has 0 heterocycles. The lowest BCUT2D eigenvalue weighted by atomic mass is 10.1. The third-order valence-electron chi connectivity index (χ3n) is 0.849. The maximum Gasteiger partial charge on any atom is 0.329 e. The van der Waals surface area contributed by atoms with Gasteiger partial charge in [0.2, 0.25) is 0 Å². The Morgan fingerprint density at radius 2 is 2.10 bits per heavy atom. The molecule has 0 rings (SSSR count). The van der Waals surface area contributed by atoms with Crippen LogP contribution < -0.4 is 5.32 Å². The van der Waals surface area contributed by atoms with Gasteiger partial charge in [-0.3, -0.25) is 0 Å². The average molecular weight is 257 g/mol. The molecule has 1 N–H and O–H groups in total. The highest BCUT2D eigenvalue weighted by molar-refractivity contribution is 14.1. The van der Waals surface area contributed by atoms with Gasteiger partial charge in [0, 0.05) is 5.54 Å². The molecular weight excluding hydrogens is 245 g/mol. The predicted octanol–water partition coefficient (Wildman–Crippen LogP) is 1.27. The van der Waals surface area contributed by atoms with Crippen LogP contribution in [-0.4, -0.2) is 18.1 Å². The zero-order valence-corrected chi connectivity index (χ0v) is 8.56. The smallest absolute Gasteiger partial charge is 0.329 e. The number of hydrogen-bond acceptors (Lipinski definition) is 3. The molecule has 0 aliphatic heterocycles. The molecule has 0 atom stereocenters. The summed E-state index contributed by atoms with van der Waals surface area (Å²) in [7, 11) is 0. The Labute approximate surface area is 75.2 Å². The summed E-state index contributed by atoms with van der Waals surface area (Å²) in [6.07, 6.45) is 0. The third kappa shape index (κ3) is 6.28. The third-order valence-corrected chi connectivity index (χ3v) is 1.34. The first-order valence-corrected chi connectivity index (χ1v) is 3.90. The van der Waals surface area contributed by atoms with Crippen molar-refractivity contribution in [2.24, 2.45) is 0 Å². The molecular formula is C6H12INO2. The Kier molecular flexibility index (Phi) is 4.19. The summed E-state index contributed by atoms with van der Waals surface area (Å²) < 4.78 is 4.41. The van der Waals surface area contributed by atoms with E-state index >= 15 is 0 Å². The van der Waals surface area contributed by atoms with E-state index in [0.717, 1.165) is 0 Å². The summed E-state index contributed by atoms with van der Waals surface area (Å²) in [5, 5.41) is 2.99. The fraction of sp³-hybridized carbons (Fsp3) is 0.833. The van der Waals surface area contributed by atoms with E-state index in [-0.39, 0.29) is 18.1 Å². The van der Waals surface area contributed by atoms with E-state index in [2.05, 4.69) is 8.38 Å². The summed E-state index contributed by atoms with van der Waals surface area (Å²) in [5.41, 5.74) is -0.0230. The summed E-state index contributed by atoms with van der Waals surface area (Å²) in [6, 6.07) is 0. The van der Waals surface area contributed by atoms with Gasteiger partial charge in [-0.25, -0.2) is 4.79 Å². The van der Waals surface area contributed by atoms with E-state index in [9.17, 15) is 4.79 Å². The maximum absolute atomic E-state index is 10.6. The number of carbonyl (C=O) groups excluding carboxylic acids is 1. The lowest BCUT2D eigenvalue weighted by Gasteiger charge is -2.18. The normalized spacial score (nSPS) is 11.2. The van der Waals surface area contributed by atoms with Gasteiger partial charge in [-0.2, -0.15) is 0 Å². The molecule has 0 unspecified atom stereocenters. The van der Waals surface area contributed by atoms with Gasteiger partial charge in [0.1, 0.15) is 0 Å². The van der Waals surface area contributed by atoms with Crippen molar-refractivity contribution in [3.63, 3.8) is 0 Å². The second-order valence-electron chi connectivity index (χ2n) is 3.05.